The molecule has 4 bridgehead atoms. The molecule has 0 aromatic rings. The molecule has 0 saturated heterocycles. The summed E-state index contributed by atoms with van der Waals surface area (Å²) in [6.45, 7) is 0. The van der Waals surface area contributed by atoms with Gasteiger partial charge >= 0.3 is 11.4 Å². The molecule has 5 aliphatic rings. The third kappa shape index (κ3) is 3.22. The van der Waals surface area contributed by atoms with Crippen LogP contribution < -0.4 is 0 Å². The van der Waals surface area contributed by atoms with E-state index in [1.165, 1.54) is 12.2 Å². The van der Waals surface area contributed by atoms with E-state index in [2.05, 4.69) is 0 Å². The van der Waals surface area contributed by atoms with Crippen molar-refractivity contribution in [3.63, 3.8) is 0 Å². The second kappa shape index (κ2) is 6.61. The van der Waals surface area contributed by atoms with Crippen LogP contribution in [0.25, 0.3) is 0 Å². The molecular weight excluding hydrogens is 470 g/mol. The minimum absolute atomic E-state index is 0.0841. The van der Waals surface area contributed by atoms with Crippen molar-refractivity contribution in [3.8, 4) is 0 Å². The van der Waals surface area contributed by atoms with Crippen LogP contribution >= 0.6 is 0 Å². The fraction of sp³-hybridized carbons (Fsp3) is 0.684. The van der Waals surface area contributed by atoms with Gasteiger partial charge in [0.15, 0.2) is 14.1 Å². The van der Waals surface area contributed by atoms with E-state index in [-0.39, 0.29) is 37.5 Å². The van der Waals surface area contributed by atoms with Crippen LogP contribution in [-0.4, -0.2) is 38.7 Å². The maximum atomic E-state index is 15.3. The third-order valence-electron chi connectivity index (χ3n) is 6.81. The minimum atomic E-state index is -6.70. The predicted octanol–water partition coefficient (Wildman–Crippen LogP) is 4.76. The summed E-state index contributed by atoms with van der Waals surface area (Å²) in [5.74, 6) is -0.778. The Labute approximate surface area is 175 Å². The summed E-state index contributed by atoms with van der Waals surface area (Å²) in [4.78, 5) is 0. The molecule has 4 saturated carbocycles. The fourth-order valence-corrected chi connectivity index (χ4v) is 11.3. The van der Waals surface area contributed by atoms with Gasteiger partial charge in [0, 0.05) is 6.42 Å². The highest BCUT2D eigenvalue weighted by atomic mass is 32.3. The number of allylic oxidation sites excluding steroid dienone is 5. The second-order valence-corrected chi connectivity index (χ2v) is 13.6. The summed E-state index contributed by atoms with van der Waals surface area (Å²) < 4.78 is 131. The molecular formula is C19H20F6O4S2. The minimum Gasteiger partial charge on any atom is -0.244 e. The van der Waals surface area contributed by atoms with E-state index in [0.717, 1.165) is 12.2 Å². The SMILES string of the molecule is O=S(=O)(/C(=C1/C=CC=CC1)S(=O)(=O)C(F)(F)C(F)(F)F)C12CC3CC(CC(F)(C3)C1)C2. The molecule has 0 aromatic heterocycles. The van der Waals surface area contributed by atoms with E-state index in [0.29, 0.717) is 6.42 Å². The Morgan fingerprint density at radius 2 is 1.52 bits per heavy atom. The molecule has 0 heterocycles. The maximum Gasteiger partial charge on any atom is 0.469 e. The lowest BCUT2D eigenvalue weighted by Crippen LogP contribution is -2.61. The highest BCUT2D eigenvalue weighted by molar-refractivity contribution is 8.15. The molecule has 0 spiro atoms. The van der Waals surface area contributed by atoms with Crippen LogP contribution in [0, 0.1) is 11.8 Å². The number of hydrogen-bond donors (Lipinski definition) is 0. The molecule has 174 valence electrons. The fourth-order valence-electron chi connectivity index (χ4n) is 6.00. The van der Waals surface area contributed by atoms with E-state index in [1.54, 1.807) is 0 Å². The number of hydrogen-bond acceptors (Lipinski definition) is 4. The predicted molar refractivity (Wildman–Crippen MR) is 100 cm³/mol. The van der Waals surface area contributed by atoms with Gasteiger partial charge in [-0.05, 0) is 55.9 Å². The first-order valence-corrected chi connectivity index (χ1v) is 12.7. The second-order valence-electron chi connectivity index (χ2n) is 9.12. The summed E-state index contributed by atoms with van der Waals surface area (Å²) >= 11 is 0. The van der Waals surface area contributed by atoms with E-state index in [4.69, 9.17) is 0 Å². The highest BCUT2D eigenvalue weighted by Gasteiger charge is 2.72. The van der Waals surface area contributed by atoms with E-state index < -0.39 is 64.2 Å². The van der Waals surface area contributed by atoms with Gasteiger partial charge in [-0.25, -0.2) is 21.2 Å². The number of alkyl halides is 6. The summed E-state index contributed by atoms with van der Waals surface area (Å²) in [7, 11) is -12.0. The number of sulfone groups is 2. The van der Waals surface area contributed by atoms with Crippen molar-refractivity contribution < 1.29 is 43.2 Å². The molecule has 0 radical (unpaired) electrons. The van der Waals surface area contributed by atoms with Crippen molar-refractivity contribution in [1.29, 1.82) is 0 Å². The molecule has 4 nitrogen and oxygen atoms in total. The molecule has 31 heavy (non-hydrogen) atoms. The van der Waals surface area contributed by atoms with Crippen LogP contribution in [0.1, 0.15) is 44.9 Å². The smallest absolute Gasteiger partial charge is 0.244 e. The van der Waals surface area contributed by atoms with E-state index in [1.807, 2.05) is 0 Å². The van der Waals surface area contributed by atoms with Crippen LogP contribution in [0.15, 0.2) is 34.1 Å². The molecule has 0 N–H and O–H groups in total. The quantitative estimate of drug-likeness (QED) is 0.533. The van der Waals surface area contributed by atoms with Gasteiger partial charge in [-0.3, -0.25) is 0 Å². The Balaban J connectivity index is 1.94. The Morgan fingerprint density at radius 3 is 1.97 bits per heavy atom. The van der Waals surface area contributed by atoms with E-state index >= 15 is 4.39 Å². The van der Waals surface area contributed by atoms with Gasteiger partial charge < -0.3 is 0 Å². The highest BCUT2D eigenvalue weighted by Crippen LogP contribution is 2.63. The lowest BCUT2D eigenvalue weighted by Gasteiger charge is -2.58. The zero-order valence-corrected chi connectivity index (χ0v) is 17.8. The Morgan fingerprint density at radius 1 is 0.935 bits per heavy atom. The van der Waals surface area contributed by atoms with Crippen molar-refractivity contribution in [1.82, 2.24) is 0 Å². The van der Waals surface area contributed by atoms with Gasteiger partial charge in [-0.15, -0.1) is 0 Å². The molecule has 0 amide bonds. The zero-order chi connectivity index (χ0) is 23.1. The molecule has 12 heteroatoms. The van der Waals surface area contributed by atoms with Crippen LogP contribution in [-0.2, 0) is 19.7 Å². The normalized spacial score (nSPS) is 37.4. The third-order valence-corrected chi connectivity index (χ3v) is 12.1. The molecule has 4 fully saturated rings. The molecule has 2 atom stereocenters. The van der Waals surface area contributed by atoms with Crippen molar-refractivity contribution in [2.75, 3.05) is 0 Å². The summed E-state index contributed by atoms with van der Waals surface area (Å²) in [6.07, 6.45) is -2.49. The van der Waals surface area contributed by atoms with Gasteiger partial charge in [0.2, 0.25) is 0 Å². The molecule has 5 rings (SSSR count). The zero-order valence-electron chi connectivity index (χ0n) is 16.1. The first kappa shape index (κ1) is 22.9. The van der Waals surface area contributed by atoms with Gasteiger partial charge in [0.25, 0.3) is 9.84 Å². The first-order chi connectivity index (χ1) is 14.0. The van der Waals surface area contributed by atoms with Gasteiger partial charge in [0.1, 0.15) is 5.67 Å². The van der Waals surface area contributed by atoms with Crippen molar-refractivity contribution in [2.45, 2.75) is 66.8 Å². The number of rotatable bonds is 4. The lowest BCUT2D eigenvalue weighted by atomic mass is 9.54. The Hall–Kier alpha value is -1.30. The summed E-state index contributed by atoms with van der Waals surface area (Å²) in [5, 5.41) is -6.32. The molecule has 0 aromatic carbocycles. The van der Waals surface area contributed by atoms with Gasteiger partial charge in [-0.1, -0.05) is 24.3 Å². The number of halogens is 6. The van der Waals surface area contributed by atoms with Crippen LogP contribution in [0.4, 0.5) is 26.3 Å². The summed E-state index contributed by atoms with van der Waals surface area (Å²) in [6, 6.07) is 0. The van der Waals surface area contributed by atoms with Crippen LogP contribution in [0.5, 0.6) is 0 Å². The van der Waals surface area contributed by atoms with Crippen molar-refractivity contribution in [2.24, 2.45) is 11.8 Å². The van der Waals surface area contributed by atoms with Crippen molar-refractivity contribution in [3.05, 3.63) is 34.1 Å². The largest absolute Gasteiger partial charge is 0.469 e. The average Bonchev–Trinajstić information content (AvgIpc) is 2.59. The maximum absolute atomic E-state index is 15.3. The monoisotopic (exact) mass is 490 g/mol. The van der Waals surface area contributed by atoms with Gasteiger partial charge in [-0.2, -0.15) is 22.0 Å². The Kier molecular flexibility index (Phi) is 4.88. The molecule has 2 unspecified atom stereocenters. The lowest BCUT2D eigenvalue weighted by molar-refractivity contribution is -0.240. The standard InChI is InChI=1S/C19H20F6O4S2/c20-16-7-12-6-13(8-16)10-17(9-12,11-16)30(26,27)15(14-4-2-1-3-5-14)31(28,29)19(24,25)18(21,22)23/h1-4,12-13H,5-11H2/b15-14+. The van der Waals surface area contributed by atoms with Crippen LogP contribution in [0.3, 0.4) is 0 Å². The van der Waals surface area contributed by atoms with E-state index in [9.17, 15) is 38.8 Å². The first-order valence-electron chi connectivity index (χ1n) is 9.74. The summed E-state index contributed by atoms with van der Waals surface area (Å²) in [5.41, 5.74) is -2.57. The Bertz CT molecular complexity index is 1080. The van der Waals surface area contributed by atoms with Crippen molar-refractivity contribution >= 4 is 19.7 Å². The molecule has 5 aliphatic carbocycles. The molecule has 0 aliphatic heterocycles. The average molecular weight is 490 g/mol. The van der Waals surface area contributed by atoms with Crippen LogP contribution in [0.2, 0.25) is 0 Å². The van der Waals surface area contributed by atoms with Gasteiger partial charge in [0.05, 0.1) is 4.75 Å². The topological polar surface area (TPSA) is 68.3 Å².